The van der Waals surface area contributed by atoms with Crippen molar-refractivity contribution in [3.8, 4) is 5.75 Å². The molecule has 0 aromatic heterocycles. The normalized spacial score (nSPS) is 10.5. The molecular weight excluding hydrogens is 164 g/mol. The molecule has 0 radical (unpaired) electrons. The van der Waals surface area contributed by atoms with E-state index in [1.807, 2.05) is 49.4 Å². The highest BCUT2D eigenvalue weighted by Gasteiger charge is 1.88. The molecule has 0 saturated heterocycles. The number of para-hydroxylation sites is 1. The first-order valence-corrected chi connectivity index (χ1v) is 4.30. The van der Waals surface area contributed by atoms with Gasteiger partial charge in [0.15, 0.2) is 6.79 Å². The monoisotopic (exact) mass is 178 g/mol. The van der Waals surface area contributed by atoms with Gasteiger partial charge in [-0.05, 0) is 19.1 Å². The summed E-state index contributed by atoms with van der Waals surface area (Å²) in [5.74, 6) is 0.836. The van der Waals surface area contributed by atoms with Crippen molar-refractivity contribution in [2.75, 3.05) is 13.4 Å². The van der Waals surface area contributed by atoms with Crippen LogP contribution < -0.4 is 4.74 Å². The topological polar surface area (TPSA) is 18.5 Å². The van der Waals surface area contributed by atoms with E-state index in [4.69, 9.17) is 9.47 Å². The Kier molecular flexibility index (Phi) is 4.72. The maximum Gasteiger partial charge on any atom is 0.189 e. The van der Waals surface area contributed by atoms with Gasteiger partial charge in [0.05, 0.1) is 6.61 Å². The van der Waals surface area contributed by atoms with E-state index >= 15 is 0 Å². The van der Waals surface area contributed by atoms with Crippen LogP contribution in [0.1, 0.15) is 6.92 Å². The second-order valence-electron chi connectivity index (χ2n) is 2.52. The first kappa shape index (κ1) is 9.81. The minimum absolute atomic E-state index is 0.300. The van der Waals surface area contributed by atoms with Gasteiger partial charge in [0, 0.05) is 0 Å². The second kappa shape index (κ2) is 6.26. The van der Waals surface area contributed by atoms with Crippen molar-refractivity contribution in [1.82, 2.24) is 0 Å². The SMILES string of the molecule is CC=CCOCOc1ccccc1. The van der Waals surface area contributed by atoms with Gasteiger partial charge in [0.25, 0.3) is 0 Å². The van der Waals surface area contributed by atoms with Crippen molar-refractivity contribution >= 4 is 0 Å². The van der Waals surface area contributed by atoms with Gasteiger partial charge in [-0.3, -0.25) is 0 Å². The van der Waals surface area contributed by atoms with Gasteiger partial charge in [0.1, 0.15) is 5.75 Å². The minimum atomic E-state index is 0.300. The lowest BCUT2D eigenvalue weighted by Gasteiger charge is -2.04. The summed E-state index contributed by atoms with van der Waals surface area (Å²) in [5, 5.41) is 0. The lowest BCUT2D eigenvalue weighted by atomic mass is 10.3. The molecule has 0 spiro atoms. The molecule has 70 valence electrons. The van der Waals surface area contributed by atoms with Crippen LogP contribution >= 0.6 is 0 Å². The fourth-order valence-electron chi connectivity index (χ4n) is 0.839. The molecule has 0 aliphatic heterocycles. The van der Waals surface area contributed by atoms with Crippen LogP contribution in [0.2, 0.25) is 0 Å². The van der Waals surface area contributed by atoms with Crippen molar-refractivity contribution in [3.63, 3.8) is 0 Å². The van der Waals surface area contributed by atoms with Crippen LogP contribution in [-0.2, 0) is 4.74 Å². The average Bonchev–Trinajstić information content (AvgIpc) is 2.19. The van der Waals surface area contributed by atoms with Gasteiger partial charge >= 0.3 is 0 Å². The standard InChI is InChI=1S/C11H14O2/c1-2-3-9-12-10-13-11-7-5-4-6-8-11/h2-8H,9-10H2,1H3. The summed E-state index contributed by atoms with van der Waals surface area (Å²) < 4.78 is 10.5. The van der Waals surface area contributed by atoms with Crippen LogP contribution in [0.5, 0.6) is 5.75 Å². The van der Waals surface area contributed by atoms with Gasteiger partial charge in [-0.15, -0.1) is 0 Å². The molecule has 1 aromatic carbocycles. The Balaban J connectivity index is 2.13. The summed E-state index contributed by atoms with van der Waals surface area (Å²) in [5.41, 5.74) is 0. The summed E-state index contributed by atoms with van der Waals surface area (Å²) in [4.78, 5) is 0. The first-order valence-electron chi connectivity index (χ1n) is 4.30. The van der Waals surface area contributed by atoms with E-state index in [9.17, 15) is 0 Å². The Labute approximate surface area is 78.8 Å². The highest BCUT2D eigenvalue weighted by atomic mass is 16.7. The smallest absolute Gasteiger partial charge is 0.189 e. The van der Waals surface area contributed by atoms with E-state index in [2.05, 4.69) is 0 Å². The molecule has 1 aromatic rings. The van der Waals surface area contributed by atoms with E-state index in [1.165, 1.54) is 0 Å². The number of ether oxygens (including phenoxy) is 2. The molecule has 0 unspecified atom stereocenters. The van der Waals surface area contributed by atoms with Crippen molar-refractivity contribution in [1.29, 1.82) is 0 Å². The van der Waals surface area contributed by atoms with Crippen molar-refractivity contribution in [2.45, 2.75) is 6.92 Å². The predicted octanol–water partition coefficient (Wildman–Crippen LogP) is 2.62. The molecule has 0 heterocycles. The lowest BCUT2D eigenvalue weighted by Crippen LogP contribution is -2.02. The molecule has 0 N–H and O–H groups in total. The van der Waals surface area contributed by atoms with Crippen LogP contribution in [0.3, 0.4) is 0 Å². The summed E-state index contributed by atoms with van der Waals surface area (Å²) in [6.07, 6.45) is 3.89. The molecule has 0 saturated carbocycles. The van der Waals surface area contributed by atoms with E-state index in [0.29, 0.717) is 13.4 Å². The molecule has 0 fully saturated rings. The van der Waals surface area contributed by atoms with Gasteiger partial charge in [-0.25, -0.2) is 0 Å². The van der Waals surface area contributed by atoms with Gasteiger partial charge in [-0.1, -0.05) is 30.4 Å². The van der Waals surface area contributed by atoms with Crippen molar-refractivity contribution in [3.05, 3.63) is 42.5 Å². The molecule has 0 aliphatic carbocycles. The summed E-state index contributed by atoms with van der Waals surface area (Å²) in [6, 6.07) is 9.62. The largest absolute Gasteiger partial charge is 0.468 e. The number of hydrogen-bond donors (Lipinski definition) is 0. The number of allylic oxidation sites excluding steroid dienone is 1. The van der Waals surface area contributed by atoms with Gasteiger partial charge in [-0.2, -0.15) is 0 Å². The molecule has 13 heavy (non-hydrogen) atoms. The highest BCUT2D eigenvalue weighted by molar-refractivity contribution is 5.20. The van der Waals surface area contributed by atoms with Crippen LogP contribution in [0.15, 0.2) is 42.5 Å². The van der Waals surface area contributed by atoms with E-state index in [0.717, 1.165) is 5.75 Å². The first-order chi connectivity index (χ1) is 6.43. The zero-order chi connectivity index (χ0) is 9.36. The fourth-order valence-corrected chi connectivity index (χ4v) is 0.839. The third-order valence-corrected chi connectivity index (χ3v) is 1.50. The minimum Gasteiger partial charge on any atom is -0.468 e. The quantitative estimate of drug-likeness (QED) is 0.392. The van der Waals surface area contributed by atoms with E-state index < -0.39 is 0 Å². The predicted molar refractivity (Wildman–Crippen MR) is 52.7 cm³/mol. The Morgan fingerprint density at radius 1 is 1.23 bits per heavy atom. The van der Waals surface area contributed by atoms with Crippen LogP contribution in [0.4, 0.5) is 0 Å². The van der Waals surface area contributed by atoms with Gasteiger partial charge in [0.2, 0.25) is 0 Å². The fraction of sp³-hybridized carbons (Fsp3) is 0.273. The van der Waals surface area contributed by atoms with Crippen LogP contribution in [-0.4, -0.2) is 13.4 Å². The molecule has 2 nitrogen and oxygen atoms in total. The molecule has 1 rings (SSSR count). The second-order valence-corrected chi connectivity index (χ2v) is 2.52. The molecule has 0 bridgehead atoms. The third kappa shape index (κ3) is 4.33. The zero-order valence-corrected chi connectivity index (χ0v) is 7.77. The van der Waals surface area contributed by atoms with E-state index in [1.54, 1.807) is 0 Å². The maximum atomic E-state index is 5.30. The highest BCUT2D eigenvalue weighted by Crippen LogP contribution is 2.07. The van der Waals surface area contributed by atoms with Crippen LogP contribution in [0.25, 0.3) is 0 Å². The van der Waals surface area contributed by atoms with E-state index in [-0.39, 0.29) is 0 Å². The molecule has 2 heteroatoms. The van der Waals surface area contributed by atoms with Crippen LogP contribution in [0, 0.1) is 0 Å². The lowest BCUT2D eigenvalue weighted by molar-refractivity contribution is 0.0306. The van der Waals surface area contributed by atoms with Crippen molar-refractivity contribution in [2.24, 2.45) is 0 Å². The Bertz CT molecular complexity index is 242. The molecule has 0 aliphatic rings. The number of rotatable bonds is 5. The van der Waals surface area contributed by atoms with Gasteiger partial charge < -0.3 is 9.47 Å². The Morgan fingerprint density at radius 2 is 2.00 bits per heavy atom. The summed E-state index contributed by atoms with van der Waals surface area (Å²) >= 11 is 0. The Morgan fingerprint density at radius 3 is 2.69 bits per heavy atom. The molecular formula is C11H14O2. The average molecular weight is 178 g/mol. The van der Waals surface area contributed by atoms with Crippen molar-refractivity contribution < 1.29 is 9.47 Å². The zero-order valence-electron chi connectivity index (χ0n) is 7.77. The molecule has 0 atom stereocenters. The number of hydrogen-bond acceptors (Lipinski definition) is 2. The maximum absolute atomic E-state index is 5.30. The molecule has 0 amide bonds. The third-order valence-electron chi connectivity index (χ3n) is 1.50. The Hall–Kier alpha value is -1.28. The summed E-state index contributed by atoms with van der Waals surface area (Å²) in [6.45, 7) is 2.86. The summed E-state index contributed by atoms with van der Waals surface area (Å²) in [7, 11) is 0. The number of benzene rings is 1.